The average molecular weight is 691 g/mol. The minimum absolute atomic E-state index is 0.828. The second kappa shape index (κ2) is 13.0. The molecular weight excluding hydrogens is 661 g/mol. The standard InChI is InChI=1S/C48H30N6/c1-2-30-25-38(31-12-19-44(52-27-31)41-9-3-6-22-49-41)35-17-18-37-40(33-14-21-46(54-29-33)43-11-5-8-24-51-43)26-39(36-16-15-34(30)47(35)48(36)37)32-13-20-45(53-28-32)42-10-4-7-23-50-42/h2-29H,1H2. The Morgan fingerprint density at radius 3 is 1.07 bits per heavy atom. The minimum atomic E-state index is 0.828. The van der Waals surface area contributed by atoms with Crippen molar-refractivity contribution in [2.75, 3.05) is 0 Å². The van der Waals surface area contributed by atoms with Crippen molar-refractivity contribution in [3.05, 3.63) is 177 Å². The molecule has 0 saturated heterocycles. The van der Waals surface area contributed by atoms with Crippen molar-refractivity contribution < 1.29 is 0 Å². The summed E-state index contributed by atoms with van der Waals surface area (Å²) in [6.45, 7) is 4.25. The minimum Gasteiger partial charge on any atom is -0.255 e. The Morgan fingerprint density at radius 1 is 0.352 bits per heavy atom. The third-order valence-corrected chi connectivity index (χ3v) is 10.2. The van der Waals surface area contributed by atoms with Crippen molar-refractivity contribution in [1.29, 1.82) is 0 Å². The molecule has 6 heteroatoms. The fourth-order valence-corrected chi connectivity index (χ4v) is 7.56. The highest BCUT2D eigenvalue weighted by molar-refractivity contribution is 6.31. The van der Waals surface area contributed by atoms with Crippen LogP contribution in [0.25, 0.3) is 106 Å². The van der Waals surface area contributed by atoms with E-state index in [2.05, 4.69) is 76.1 Å². The molecule has 0 amide bonds. The van der Waals surface area contributed by atoms with Gasteiger partial charge in [0.2, 0.25) is 0 Å². The van der Waals surface area contributed by atoms with Crippen molar-refractivity contribution >= 4 is 38.4 Å². The van der Waals surface area contributed by atoms with Gasteiger partial charge in [0.05, 0.1) is 34.2 Å². The summed E-state index contributed by atoms with van der Waals surface area (Å²) >= 11 is 0. The van der Waals surface area contributed by atoms with Gasteiger partial charge in [-0.1, -0.05) is 73.3 Å². The van der Waals surface area contributed by atoms with E-state index in [-0.39, 0.29) is 0 Å². The van der Waals surface area contributed by atoms with Gasteiger partial charge in [-0.3, -0.25) is 29.9 Å². The molecule has 0 fully saturated rings. The van der Waals surface area contributed by atoms with E-state index in [0.717, 1.165) is 94.7 Å². The van der Waals surface area contributed by atoms with Crippen LogP contribution in [0.15, 0.2) is 171 Å². The Morgan fingerprint density at radius 2 is 0.722 bits per heavy atom. The summed E-state index contributed by atoms with van der Waals surface area (Å²) in [4.78, 5) is 28.2. The molecule has 0 atom stereocenters. The highest BCUT2D eigenvalue weighted by atomic mass is 14.8. The van der Waals surface area contributed by atoms with E-state index in [1.54, 1.807) is 18.6 Å². The van der Waals surface area contributed by atoms with Gasteiger partial charge >= 0.3 is 0 Å². The molecule has 252 valence electrons. The predicted octanol–water partition coefficient (Wildman–Crippen LogP) is 11.6. The van der Waals surface area contributed by atoms with Gasteiger partial charge in [0.25, 0.3) is 0 Å². The van der Waals surface area contributed by atoms with Crippen LogP contribution in [0.4, 0.5) is 0 Å². The third kappa shape index (κ3) is 5.28. The molecular formula is C48H30N6. The highest BCUT2D eigenvalue weighted by Crippen LogP contribution is 2.47. The summed E-state index contributed by atoms with van der Waals surface area (Å²) < 4.78 is 0. The summed E-state index contributed by atoms with van der Waals surface area (Å²) in [7, 11) is 0. The first kappa shape index (κ1) is 31.3. The first-order valence-corrected chi connectivity index (χ1v) is 17.8. The van der Waals surface area contributed by atoms with Crippen LogP contribution >= 0.6 is 0 Å². The van der Waals surface area contributed by atoms with Crippen LogP contribution in [-0.2, 0) is 0 Å². The number of aromatic nitrogens is 6. The molecule has 0 aliphatic carbocycles. The molecule has 0 radical (unpaired) electrons. The van der Waals surface area contributed by atoms with E-state index >= 15 is 0 Å². The first-order valence-electron chi connectivity index (χ1n) is 17.8. The molecule has 54 heavy (non-hydrogen) atoms. The number of hydrogen-bond acceptors (Lipinski definition) is 6. The molecule has 10 rings (SSSR count). The molecule has 6 nitrogen and oxygen atoms in total. The van der Waals surface area contributed by atoms with Gasteiger partial charge in [0, 0.05) is 53.9 Å². The molecule has 6 heterocycles. The molecule has 6 aromatic heterocycles. The maximum Gasteiger partial charge on any atom is 0.0886 e. The van der Waals surface area contributed by atoms with Gasteiger partial charge in [0.1, 0.15) is 0 Å². The van der Waals surface area contributed by atoms with Crippen LogP contribution in [0.1, 0.15) is 5.56 Å². The second-order valence-electron chi connectivity index (χ2n) is 13.2. The quantitative estimate of drug-likeness (QED) is 0.155. The topological polar surface area (TPSA) is 77.3 Å². The summed E-state index contributed by atoms with van der Waals surface area (Å²) in [6.07, 6.45) is 13.2. The largest absolute Gasteiger partial charge is 0.255 e. The monoisotopic (exact) mass is 690 g/mol. The van der Waals surface area contributed by atoms with E-state index in [1.165, 1.54) is 10.8 Å². The fraction of sp³-hybridized carbons (Fsp3) is 0. The van der Waals surface area contributed by atoms with Crippen LogP contribution in [0, 0.1) is 0 Å². The lowest BCUT2D eigenvalue weighted by Gasteiger charge is -2.20. The number of pyridine rings is 6. The Labute approximate surface area is 311 Å². The van der Waals surface area contributed by atoms with Crippen molar-refractivity contribution in [2.45, 2.75) is 0 Å². The van der Waals surface area contributed by atoms with E-state index < -0.39 is 0 Å². The number of benzene rings is 4. The smallest absolute Gasteiger partial charge is 0.0886 e. The molecule has 10 aromatic rings. The van der Waals surface area contributed by atoms with E-state index in [0.29, 0.717) is 0 Å². The number of rotatable bonds is 7. The van der Waals surface area contributed by atoms with E-state index in [1.807, 2.05) is 97.5 Å². The van der Waals surface area contributed by atoms with Crippen LogP contribution < -0.4 is 0 Å². The van der Waals surface area contributed by atoms with Crippen molar-refractivity contribution in [2.24, 2.45) is 0 Å². The fourth-order valence-electron chi connectivity index (χ4n) is 7.56. The van der Waals surface area contributed by atoms with Gasteiger partial charge in [-0.2, -0.15) is 0 Å². The Hall–Kier alpha value is -7.44. The summed E-state index contributed by atoms with van der Waals surface area (Å²) in [5, 5.41) is 6.96. The molecule has 0 saturated carbocycles. The summed E-state index contributed by atoms with van der Waals surface area (Å²) in [5.41, 5.74) is 12.4. The van der Waals surface area contributed by atoms with Crippen molar-refractivity contribution in [3.8, 4) is 67.5 Å². The molecule has 0 N–H and O–H groups in total. The lowest BCUT2D eigenvalue weighted by molar-refractivity contribution is 1.25. The molecule has 0 spiro atoms. The van der Waals surface area contributed by atoms with Gasteiger partial charge in [0.15, 0.2) is 0 Å². The Kier molecular flexibility index (Phi) is 7.51. The molecule has 0 aliphatic rings. The van der Waals surface area contributed by atoms with E-state index in [9.17, 15) is 0 Å². The molecule has 0 bridgehead atoms. The Balaban J connectivity index is 1.21. The van der Waals surface area contributed by atoms with Crippen LogP contribution in [0.3, 0.4) is 0 Å². The zero-order valence-electron chi connectivity index (χ0n) is 29.1. The second-order valence-corrected chi connectivity index (χ2v) is 13.2. The number of nitrogens with zero attached hydrogens (tertiary/aromatic N) is 6. The third-order valence-electron chi connectivity index (χ3n) is 10.2. The Bertz CT molecular complexity index is 2840. The lowest BCUT2D eigenvalue weighted by atomic mass is 9.83. The molecule has 4 aromatic carbocycles. The highest BCUT2D eigenvalue weighted by Gasteiger charge is 2.20. The number of hydrogen-bond donors (Lipinski definition) is 0. The summed E-state index contributed by atoms with van der Waals surface area (Å²) in [5.74, 6) is 0. The lowest BCUT2D eigenvalue weighted by Crippen LogP contribution is -1.95. The molecule has 0 unspecified atom stereocenters. The summed E-state index contributed by atoms with van der Waals surface area (Å²) in [6, 6.07) is 43.7. The van der Waals surface area contributed by atoms with Crippen LogP contribution in [0.5, 0.6) is 0 Å². The maximum absolute atomic E-state index is 4.89. The average Bonchev–Trinajstić information content (AvgIpc) is 3.26. The first-order chi connectivity index (χ1) is 26.7. The van der Waals surface area contributed by atoms with Crippen LogP contribution in [0.2, 0.25) is 0 Å². The SMILES string of the molecule is C=Cc1cc(-c2ccc(-c3ccccn3)nc2)c2ccc3c(-c4ccc(-c5ccccn5)nc4)cc(-c4ccc(-c5ccccn5)nc4)c4ccc1c2c43. The molecule has 0 aliphatic heterocycles. The predicted molar refractivity (Wildman–Crippen MR) is 220 cm³/mol. The maximum atomic E-state index is 4.89. The van der Waals surface area contributed by atoms with Gasteiger partial charge < -0.3 is 0 Å². The van der Waals surface area contributed by atoms with Crippen molar-refractivity contribution in [1.82, 2.24) is 29.9 Å². The zero-order valence-corrected chi connectivity index (χ0v) is 29.1. The van der Waals surface area contributed by atoms with Gasteiger partial charge in [-0.25, -0.2) is 0 Å². The zero-order chi connectivity index (χ0) is 36.0. The van der Waals surface area contributed by atoms with Gasteiger partial charge in [-0.05, 0) is 121 Å². The van der Waals surface area contributed by atoms with Crippen LogP contribution in [-0.4, -0.2) is 29.9 Å². The van der Waals surface area contributed by atoms with Crippen molar-refractivity contribution in [3.63, 3.8) is 0 Å². The van der Waals surface area contributed by atoms with E-state index in [4.69, 9.17) is 15.0 Å². The normalized spacial score (nSPS) is 11.4. The van der Waals surface area contributed by atoms with Gasteiger partial charge in [-0.15, -0.1) is 0 Å².